The van der Waals surface area contributed by atoms with Crippen molar-refractivity contribution >= 4 is 40.1 Å². The van der Waals surface area contributed by atoms with Crippen LogP contribution in [0.1, 0.15) is 38.0 Å². The van der Waals surface area contributed by atoms with Crippen molar-refractivity contribution < 1.29 is 14.3 Å². The Bertz CT molecular complexity index is 1170. The molecule has 1 fully saturated rings. The van der Waals surface area contributed by atoms with Gasteiger partial charge in [-0.3, -0.25) is 4.90 Å². The molecule has 3 aromatic rings. The number of nitrogens with zero attached hydrogens (tertiary/aromatic N) is 2. The van der Waals surface area contributed by atoms with Crippen molar-refractivity contribution in [1.29, 1.82) is 0 Å². The molecule has 4 rings (SSSR count). The number of ether oxygens (including phenoxy) is 2. The predicted octanol–water partition coefficient (Wildman–Crippen LogP) is 6.96. The van der Waals surface area contributed by atoms with Crippen LogP contribution in [-0.4, -0.2) is 54.2 Å². The first-order chi connectivity index (χ1) is 16.7. The van der Waals surface area contributed by atoms with Gasteiger partial charge in [-0.15, -0.1) is 0 Å². The molecule has 1 atom stereocenters. The monoisotopic (exact) mass is 514 g/mol. The van der Waals surface area contributed by atoms with E-state index in [1.807, 2.05) is 45.0 Å². The number of carbonyl (C=O) groups excluding carboxylic acids is 1. The van der Waals surface area contributed by atoms with Crippen LogP contribution in [0.5, 0.6) is 0 Å². The summed E-state index contributed by atoms with van der Waals surface area (Å²) in [6, 6.07) is 20.2. The fraction of sp³-hybridized carbons (Fsp3) is 0.393. The Balaban J connectivity index is 1.44. The zero-order valence-electron chi connectivity index (χ0n) is 20.5. The molecule has 35 heavy (non-hydrogen) atoms. The van der Waals surface area contributed by atoms with Crippen molar-refractivity contribution in [2.45, 2.75) is 39.1 Å². The lowest BCUT2D eigenvalue weighted by Crippen LogP contribution is -2.50. The van der Waals surface area contributed by atoms with Crippen LogP contribution >= 0.6 is 23.2 Å². The number of amides is 1. The van der Waals surface area contributed by atoms with Gasteiger partial charge < -0.3 is 14.4 Å². The quantitative estimate of drug-likeness (QED) is 0.356. The van der Waals surface area contributed by atoms with Crippen LogP contribution < -0.4 is 0 Å². The molecular formula is C28H32Cl2N2O3. The van der Waals surface area contributed by atoms with Crippen molar-refractivity contribution in [2.24, 2.45) is 0 Å². The van der Waals surface area contributed by atoms with Crippen LogP contribution in [0.4, 0.5) is 4.79 Å². The van der Waals surface area contributed by atoms with E-state index >= 15 is 0 Å². The maximum Gasteiger partial charge on any atom is 0.410 e. The van der Waals surface area contributed by atoms with E-state index in [4.69, 9.17) is 32.7 Å². The van der Waals surface area contributed by atoms with Gasteiger partial charge in [-0.05, 0) is 55.3 Å². The summed E-state index contributed by atoms with van der Waals surface area (Å²) in [5.74, 6) is 0. The van der Waals surface area contributed by atoms with Gasteiger partial charge in [-0.1, -0.05) is 65.7 Å². The van der Waals surface area contributed by atoms with Crippen molar-refractivity contribution in [3.8, 4) is 0 Å². The van der Waals surface area contributed by atoms with Crippen molar-refractivity contribution in [1.82, 2.24) is 9.80 Å². The molecule has 186 valence electrons. The van der Waals surface area contributed by atoms with E-state index in [9.17, 15) is 4.79 Å². The second-order valence-electron chi connectivity index (χ2n) is 9.91. The minimum absolute atomic E-state index is 0.237. The number of carbonyl (C=O) groups is 1. The molecule has 1 heterocycles. The van der Waals surface area contributed by atoms with Gasteiger partial charge in [-0.25, -0.2) is 4.79 Å². The summed E-state index contributed by atoms with van der Waals surface area (Å²) in [7, 11) is 0. The zero-order chi connectivity index (χ0) is 25.0. The van der Waals surface area contributed by atoms with E-state index in [2.05, 4.69) is 35.2 Å². The van der Waals surface area contributed by atoms with Crippen molar-refractivity contribution in [2.75, 3.05) is 32.7 Å². The lowest BCUT2D eigenvalue weighted by Gasteiger charge is -2.37. The van der Waals surface area contributed by atoms with Gasteiger partial charge in [0.25, 0.3) is 0 Å². The van der Waals surface area contributed by atoms with Crippen LogP contribution in [0.15, 0.2) is 60.7 Å². The number of fused-ring (bicyclic) bond motifs is 1. The summed E-state index contributed by atoms with van der Waals surface area (Å²) in [4.78, 5) is 16.5. The van der Waals surface area contributed by atoms with Gasteiger partial charge >= 0.3 is 6.09 Å². The van der Waals surface area contributed by atoms with Gasteiger partial charge in [0.15, 0.2) is 0 Å². The smallest absolute Gasteiger partial charge is 0.410 e. The van der Waals surface area contributed by atoms with Gasteiger partial charge in [-0.2, -0.15) is 0 Å². The Labute approximate surface area is 217 Å². The highest BCUT2D eigenvalue weighted by atomic mass is 35.5. The average molecular weight is 515 g/mol. The number of hydrogen-bond acceptors (Lipinski definition) is 4. The normalized spacial score (nSPS) is 15.9. The third-order valence-corrected chi connectivity index (χ3v) is 6.58. The van der Waals surface area contributed by atoms with E-state index in [0.717, 1.165) is 24.2 Å². The third kappa shape index (κ3) is 7.11. The summed E-state index contributed by atoms with van der Waals surface area (Å²) in [5.41, 5.74) is 1.52. The second-order valence-corrected chi connectivity index (χ2v) is 10.8. The molecule has 0 radical (unpaired) electrons. The van der Waals surface area contributed by atoms with Gasteiger partial charge in [0.1, 0.15) is 5.60 Å². The molecule has 0 N–H and O–H groups in total. The minimum atomic E-state index is -0.499. The molecule has 1 aliphatic rings. The third-order valence-electron chi connectivity index (χ3n) is 6.02. The van der Waals surface area contributed by atoms with Gasteiger partial charge in [0.2, 0.25) is 0 Å². The SMILES string of the molecule is CC(C)(C)OC(=O)N1CCN(CC(OCc2ccc3ccccc3c2)c2ccc(Cl)cc2Cl)CC1. The summed E-state index contributed by atoms with van der Waals surface area (Å²) in [5, 5.41) is 3.58. The first-order valence-corrected chi connectivity index (χ1v) is 12.7. The second kappa shape index (κ2) is 11.2. The molecule has 1 amide bonds. The molecule has 0 aliphatic carbocycles. The predicted molar refractivity (Wildman–Crippen MR) is 142 cm³/mol. The fourth-order valence-electron chi connectivity index (χ4n) is 4.20. The zero-order valence-corrected chi connectivity index (χ0v) is 22.0. The summed E-state index contributed by atoms with van der Waals surface area (Å²) >= 11 is 12.7. The molecule has 1 aliphatic heterocycles. The minimum Gasteiger partial charge on any atom is -0.444 e. The van der Waals surface area contributed by atoms with Crippen LogP contribution in [0.25, 0.3) is 10.8 Å². The maximum absolute atomic E-state index is 12.4. The standard InChI is InChI=1S/C28H32Cl2N2O3/c1-28(2,3)35-27(33)32-14-12-31(13-15-32)18-26(24-11-10-23(29)17-25(24)30)34-19-20-8-9-21-6-4-5-7-22(21)16-20/h4-11,16-17,26H,12-15,18-19H2,1-3H3. The van der Waals surface area contributed by atoms with E-state index in [1.54, 1.807) is 11.0 Å². The Morgan fingerprint density at radius 1 is 0.943 bits per heavy atom. The van der Waals surface area contributed by atoms with Gasteiger partial charge in [0, 0.05) is 48.3 Å². The number of piperazine rings is 1. The van der Waals surface area contributed by atoms with Crippen LogP contribution in [-0.2, 0) is 16.1 Å². The highest BCUT2D eigenvalue weighted by Gasteiger charge is 2.28. The first-order valence-electron chi connectivity index (χ1n) is 11.9. The molecule has 0 spiro atoms. The highest BCUT2D eigenvalue weighted by Crippen LogP contribution is 2.30. The van der Waals surface area contributed by atoms with Crippen molar-refractivity contribution in [3.63, 3.8) is 0 Å². The van der Waals surface area contributed by atoms with Crippen LogP contribution in [0.3, 0.4) is 0 Å². The fourth-order valence-corrected chi connectivity index (χ4v) is 4.73. The van der Waals surface area contributed by atoms with E-state index in [1.165, 1.54) is 10.8 Å². The summed E-state index contributed by atoms with van der Waals surface area (Å²) < 4.78 is 12.0. The molecule has 1 unspecified atom stereocenters. The van der Waals surface area contributed by atoms with E-state index in [0.29, 0.717) is 36.3 Å². The first kappa shape index (κ1) is 25.8. The molecule has 1 saturated heterocycles. The van der Waals surface area contributed by atoms with E-state index in [-0.39, 0.29) is 12.2 Å². The number of rotatable bonds is 6. The van der Waals surface area contributed by atoms with Gasteiger partial charge in [0.05, 0.1) is 12.7 Å². The molecule has 5 nitrogen and oxygen atoms in total. The number of benzene rings is 3. The van der Waals surface area contributed by atoms with Crippen LogP contribution in [0, 0.1) is 0 Å². The lowest BCUT2D eigenvalue weighted by atomic mass is 10.1. The lowest BCUT2D eigenvalue weighted by molar-refractivity contribution is -0.00756. The Kier molecular flexibility index (Phi) is 8.23. The Morgan fingerprint density at radius 3 is 2.34 bits per heavy atom. The average Bonchev–Trinajstić information content (AvgIpc) is 2.81. The number of halogens is 2. The molecule has 7 heteroatoms. The Hall–Kier alpha value is -2.31. The maximum atomic E-state index is 12.4. The molecule has 0 bridgehead atoms. The molecule has 3 aromatic carbocycles. The highest BCUT2D eigenvalue weighted by molar-refractivity contribution is 6.35. The van der Waals surface area contributed by atoms with Crippen LogP contribution in [0.2, 0.25) is 10.0 Å². The molecule has 0 aromatic heterocycles. The summed E-state index contributed by atoms with van der Waals surface area (Å²) in [6.45, 7) is 9.47. The number of hydrogen-bond donors (Lipinski definition) is 0. The van der Waals surface area contributed by atoms with Crippen molar-refractivity contribution in [3.05, 3.63) is 81.8 Å². The molecular weight excluding hydrogens is 483 g/mol. The topological polar surface area (TPSA) is 42.0 Å². The molecule has 0 saturated carbocycles. The largest absolute Gasteiger partial charge is 0.444 e. The van der Waals surface area contributed by atoms with E-state index < -0.39 is 5.60 Å². The Morgan fingerprint density at radius 2 is 1.66 bits per heavy atom. The summed E-state index contributed by atoms with van der Waals surface area (Å²) in [6.07, 6.45) is -0.499.